The van der Waals surface area contributed by atoms with Crippen molar-refractivity contribution in [3.05, 3.63) is 0 Å². The first kappa shape index (κ1) is 17.2. The molecule has 1 aliphatic rings. The van der Waals surface area contributed by atoms with Crippen molar-refractivity contribution in [2.24, 2.45) is 0 Å². The molecule has 0 unspecified atom stereocenters. The summed E-state index contributed by atoms with van der Waals surface area (Å²) >= 11 is 0. The van der Waals surface area contributed by atoms with Gasteiger partial charge in [-0.05, 0) is 6.42 Å². The van der Waals surface area contributed by atoms with Crippen molar-refractivity contribution in [1.29, 1.82) is 0 Å². The van der Waals surface area contributed by atoms with Gasteiger partial charge in [0.15, 0.2) is 0 Å². The van der Waals surface area contributed by atoms with E-state index in [4.69, 9.17) is 4.74 Å². The molecule has 0 radical (unpaired) electrons. The van der Waals surface area contributed by atoms with Crippen LogP contribution in [0.25, 0.3) is 0 Å². The van der Waals surface area contributed by atoms with Crippen molar-refractivity contribution in [3.63, 3.8) is 0 Å². The van der Waals surface area contributed by atoms with Crippen molar-refractivity contribution in [2.45, 2.75) is 44.8 Å². The Morgan fingerprint density at radius 3 is 2.75 bits per heavy atom. The van der Waals surface area contributed by atoms with E-state index in [1.165, 1.54) is 0 Å². The highest BCUT2D eigenvalue weighted by atomic mass is 19.4. The van der Waals surface area contributed by atoms with Gasteiger partial charge in [-0.3, -0.25) is 9.69 Å². The lowest BCUT2D eigenvalue weighted by Crippen LogP contribution is -2.56. The van der Waals surface area contributed by atoms with E-state index in [0.29, 0.717) is 6.54 Å². The van der Waals surface area contributed by atoms with E-state index >= 15 is 0 Å². The third-order valence-corrected chi connectivity index (χ3v) is 3.25. The summed E-state index contributed by atoms with van der Waals surface area (Å²) in [6.07, 6.45) is -0.222. The minimum atomic E-state index is -4.29. The topological polar surface area (TPSA) is 41.6 Å². The standard InChI is InChI=1S/C13H23F3N2O2/c1-2-3-4-5-6-17-12(19)11-9-20-8-7-18(11)10-13(14,15)16/h11H,2-10H2,1H3,(H,17,19)/t11-/m0/s1. The van der Waals surface area contributed by atoms with Crippen LogP contribution < -0.4 is 5.32 Å². The summed E-state index contributed by atoms with van der Waals surface area (Å²) in [6, 6.07) is -0.837. The Bertz CT molecular complexity index is 298. The van der Waals surface area contributed by atoms with E-state index in [2.05, 4.69) is 12.2 Å². The number of amides is 1. The fourth-order valence-corrected chi connectivity index (χ4v) is 2.18. The first-order valence-corrected chi connectivity index (χ1v) is 7.10. The van der Waals surface area contributed by atoms with Gasteiger partial charge in [-0.25, -0.2) is 0 Å². The SMILES string of the molecule is CCCCCCNC(=O)[C@@H]1COCCN1CC(F)(F)F. The average molecular weight is 296 g/mol. The van der Waals surface area contributed by atoms with Gasteiger partial charge in [-0.1, -0.05) is 26.2 Å². The van der Waals surface area contributed by atoms with E-state index in [1.807, 2.05) is 0 Å². The summed E-state index contributed by atoms with van der Waals surface area (Å²) in [6.45, 7) is 1.92. The lowest BCUT2D eigenvalue weighted by Gasteiger charge is -2.34. The maximum Gasteiger partial charge on any atom is 0.401 e. The van der Waals surface area contributed by atoms with Gasteiger partial charge in [-0.2, -0.15) is 13.2 Å². The molecule has 0 aromatic carbocycles. The summed E-state index contributed by atoms with van der Waals surface area (Å²) in [7, 11) is 0. The Kier molecular flexibility index (Phi) is 7.29. The van der Waals surface area contributed by atoms with Crippen molar-refractivity contribution < 1.29 is 22.7 Å². The molecule has 0 aromatic heterocycles. The van der Waals surface area contributed by atoms with Gasteiger partial charge in [0.05, 0.1) is 19.8 Å². The molecule has 1 fully saturated rings. The maximum atomic E-state index is 12.5. The number of nitrogens with one attached hydrogen (secondary N) is 1. The van der Waals surface area contributed by atoms with Crippen molar-refractivity contribution in [1.82, 2.24) is 10.2 Å². The predicted molar refractivity (Wildman–Crippen MR) is 69.4 cm³/mol. The summed E-state index contributed by atoms with van der Waals surface area (Å²) in [4.78, 5) is 13.1. The number of unbranched alkanes of at least 4 members (excludes halogenated alkanes) is 3. The number of carbonyl (C=O) groups is 1. The molecular weight excluding hydrogens is 273 g/mol. The van der Waals surface area contributed by atoms with Gasteiger partial charge in [0.25, 0.3) is 0 Å². The number of alkyl halides is 3. The second kappa shape index (κ2) is 8.46. The minimum absolute atomic E-state index is 0.0247. The number of carbonyl (C=O) groups excluding carboxylic acids is 1. The number of morpholine rings is 1. The molecule has 1 rings (SSSR count). The van der Waals surface area contributed by atoms with Gasteiger partial charge in [-0.15, -0.1) is 0 Å². The molecule has 1 aliphatic heterocycles. The zero-order valence-electron chi connectivity index (χ0n) is 11.8. The van der Waals surface area contributed by atoms with Gasteiger partial charge in [0.2, 0.25) is 5.91 Å². The smallest absolute Gasteiger partial charge is 0.378 e. The Hall–Kier alpha value is -0.820. The Morgan fingerprint density at radius 1 is 1.35 bits per heavy atom. The fourth-order valence-electron chi connectivity index (χ4n) is 2.18. The summed E-state index contributed by atoms with van der Waals surface area (Å²) in [5.74, 6) is -0.370. The number of hydrogen-bond donors (Lipinski definition) is 1. The lowest BCUT2D eigenvalue weighted by molar-refractivity contribution is -0.166. The highest BCUT2D eigenvalue weighted by Crippen LogP contribution is 2.19. The third kappa shape index (κ3) is 6.56. The van der Waals surface area contributed by atoms with Gasteiger partial charge < -0.3 is 10.1 Å². The molecular formula is C13H23F3N2O2. The van der Waals surface area contributed by atoms with Gasteiger partial charge >= 0.3 is 6.18 Å². The Balaban J connectivity index is 2.38. The largest absolute Gasteiger partial charge is 0.401 e. The number of rotatable bonds is 7. The molecule has 4 nitrogen and oxygen atoms in total. The third-order valence-electron chi connectivity index (χ3n) is 3.25. The van der Waals surface area contributed by atoms with Crippen LogP contribution in [0.1, 0.15) is 32.6 Å². The summed E-state index contributed by atoms with van der Waals surface area (Å²) < 4.78 is 42.5. The molecule has 20 heavy (non-hydrogen) atoms. The highest BCUT2D eigenvalue weighted by molar-refractivity contribution is 5.82. The molecule has 7 heteroatoms. The molecule has 1 heterocycles. The van der Waals surface area contributed by atoms with Crippen molar-refractivity contribution >= 4 is 5.91 Å². The fraction of sp³-hybridized carbons (Fsp3) is 0.923. The van der Waals surface area contributed by atoms with Crippen LogP contribution >= 0.6 is 0 Å². The summed E-state index contributed by atoms with van der Waals surface area (Å²) in [5.41, 5.74) is 0. The second-order valence-electron chi connectivity index (χ2n) is 5.03. The zero-order chi connectivity index (χ0) is 15.0. The Labute approximate surface area is 117 Å². The molecule has 118 valence electrons. The zero-order valence-corrected chi connectivity index (χ0v) is 11.8. The van der Waals surface area contributed by atoms with Crippen LogP contribution in [0.15, 0.2) is 0 Å². The first-order valence-electron chi connectivity index (χ1n) is 7.10. The quantitative estimate of drug-likeness (QED) is 0.730. The minimum Gasteiger partial charge on any atom is -0.378 e. The van der Waals surface area contributed by atoms with Crippen LogP contribution in [0.2, 0.25) is 0 Å². The van der Waals surface area contributed by atoms with Crippen LogP contribution in [0.3, 0.4) is 0 Å². The van der Waals surface area contributed by atoms with Gasteiger partial charge in [0, 0.05) is 13.1 Å². The number of ether oxygens (including phenoxy) is 1. The Morgan fingerprint density at radius 2 is 2.10 bits per heavy atom. The van der Waals surface area contributed by atoms with Crippen LogP contribution in [0.5, 0.6) is 0 Å². The average Bonchev–Trinajstić information content (AvgIpc) is 2.37. The number of halogens is 3. The van der Waals surface area contributed by atoms with Crippen molar-refractivity contribution in [3.8, 4) is 0 Å². The molecule has 1 N–H and O–H groups in total. The normalized spacial score (nSPS) is 20.9. The monoisotopic (exact) mass is 296 g/mol. The molecule has 0 aromatic rings. The summed E-state index contributed by atoms with van der Waals surface area (Å²) in [5, 5.41) is 2.70. The van der Waals surface area contributed by atoms with Crippen LogP contribution in [-0.4, -0.2) is 55.9 Å². The van der Waals surface area contributed by atoms with E-state index in [-0.39, 0.29) is 25.7 Å². The van der Waals surface area contributed by atoms with Crippen molar-refractivity contribution in [2.75, 3.05) is 32.8 Å². The van der Waals surface area contributed by atoms with E-state index in [9.17, 15) is 18.0 Å². The van der Waals surface area contributed by atoms with E-state index in [0.717, 1.165) is 30.6 Å². The molecule has 0 saturated carbocycles. The van der Waals surface area contributed by atoms with E-state index in [1.54, 1.807) is 0 Å². The molecule has 0 aliphatic carbocycles. The van der Waals surface area contributed by atoms with Crippen LogP contribution in [0, 0.1) is 0 Å². The highest BCUT2D eigenvalue weighted by Gasteiger charge is 2.37. The van der Waals surface area contributed by atoms with Gasteiger partial charge in [0.1, 0.15) is 6.04 Å². The first-order chi connectivity index (χ1) is 9.44. The molecule has 0 bridgehead atoms. The maximum absolute atomic E-state index is 12.5. The lowest BCUT2D eigenvalue weighted by atomic mass is 10.2. The van der Waals surface area contributed by atoms with E-state index < -0.39 is 18.8 Å². The second-order valence-corrected chi connectivity index (χ2v) is 5.03. The number of hydrogen-bond acceptors (Lipinski definition) is 3. The predicted octanol–water partition coefficient (Wildman–Crippen LogP) is 1.95. The number of nitrogens with zero attached hydrogens (tertiary/aromatic N) is 1. The molecule has 1 atom stereocenters. The van der Waals surface area contributed by atoms with Crippen LogP contribution in [-0.2, 0) is 9.53 Å². The molecule has 1 amide bonds. The molecule has 0 spiro atoms. The van der Waals surface area contributed by atoms with Crippen LogP contribution in [0.4, 0.5) is 13.2 Å². The molecule has 1 saturated heterocycles.